The summed E-state index contributed by atoms with van der Waals surface area (Å²) in [5.74, 6) is 0.364. The number of hydrogen-bond donors (Lipinski definition) is 1. The molecular formula is C11H14O2. The van der Waals surface area contributed by atoms with Gasteiger partial charge in [0, 0.05) is 6.42 Å². The quantitative estimate of drug-likeness (QED) is 0.769. The fourth-order valence-corrected chi connectivity index (χ4v) is 1.34. The third kappa shape index (κ3) is 2.90. The zero-order valence-electron chi connectivity index (χ0n) is 8.00. The molecule has 0 unspecified atom stereocenters. The summed E-state index contributed by atoms with van der Waals surface area (Å²) >= 11 is 0. The van der Waals surface area contributed by atoms with Crippen LogP contribution < -0.4 is 0 Å². The number of phenolic OH excluding ortho intramolecular Hbond substituents is 1. The van der Waals surface area contributed by atoms with Crippen LogP contribution in [0.3, 0.4) is 0 Å². The second-order valence-corrected chi connectivity index (χ2v) is 3.24. The summed E-state index contributed by atoms with van der Waals surface area (Å²) in [6, 6.07) is 5.32. The molecule has 0 radical (unpaired) electrons. The first-order chi connectivity index (χ1) is 6.11. The van der Waals surface area contributed by atoms with E-state index in [4.69, 9.17) is 0 Å². The third-order valence-corrected chi connectivity index (χ3v) is 1.90. The molecule has 2 nitrogen and oxygen atoms in total. The van der Waals surface area contributed by atoms with Gasteiger partial charge in [0.1, 0.15) is 11.5 Å². The Morgan fingerprint density at radius 2 is 1.92 bits per heavy atom. The Bertz CT molecular complexity index is 316. The van der Waals surface area contributed by atoms with Gasteiger partial charge in [-0.15, -0.1) is 0 Å². The van der Waals surface area contributed by atoms with E-state index in [2.05, 4.69) is 0 Å². The van der Waals surface area contributed by atoms with Crippen molar-refractivity contribution in [3.05, 3.63) is 29.3 Å². The molecule has 0 saturated carbocycles. The predicted molar refractivity (Wildman–Crippen MR) is 51.9 cm³/mol. The first kappa shape index (κ1) is 9.78. The Morgan fingerprint density at radius 1 is 1.31 bits per heavy atom. The van der Waals surface area contributed by atoms with E-state index in [9.17, 15) is 9.90 Å². The van der Waals surface area contributed by atoms with Crippen LogP contribution in [-0.2, 0) is 17.6 Å². The van der Waals surface area contributed by atoms with Crippen molar-refractivity contribution in [2.75, 3.05) is 0 Å². The fraction of sp³-hybridized carbons (Fsp3) is 0.364. The van der Waals surface area contributed by atoms with Gasteiger partial charge in [-0.3, -0.25) is 4.79 Å². The minimum Gasteiger partial charge on any atom is -0.508 e. The summed E-state index contributed by atoms with van der Waals surface area (Å²) in [7, 11) is 0. The molecular weight excluding hydrogens is 164 g/mol. The van der Waals surface area contributed by atoms with Crippen LogP contribution in [0.2, 0.25) is 0 Å². The Labute approximate surface area is 78.2 Å². The molecule has 0 spiro atoms. The first-order valence-corrected chi connectivity index (χ1v) is 4.43. The highest BCUT2D eigenvalue weighted by Gasteiger charge is 2.01. The van der Waals surface area contributed by atoms with Crippen LogP contribution in [0.25, 0.3) is 0 Å². The highest BCUT2D eigenvalue weighted by Crippen LogP contribution is 2.16. The Morgan fingerprint density at radius 3 is 2.46 bits per heavy atom. The first-order valence-electron chi connectivity index (χ1n) is 4.43. The van der Waals surface area contributed by atoms with E-state index in [1.54, 1.807) is 19.1 Å². The minimum absolute atomic E-state index is 0.118. The van der Waals surface area contributed by atoms with Gasteiger partial charge >= 0.3 is 0 Å². The van der Waals surface area contributed by atoms with Crippen molar-refractivity contribution in [1.82, 2.24) is 0 Å². The SMILES string of the molecule is CCc1cc(O)cc(CC(C)=O)c1. The third-order valence-electron chi connectivity index (χ3n) is 1.90. The number of aryl methyl sites for hydroxylation is 1. The van der Waals surface area contributed by atoms with Gasteiger partial charge in [0.05, 0.1) is 0 Å². The topological polar surface area (TPSA) is 37.3 Å². The van der Waals surface area contributed by atoms with Gasteiger partial charge in [0.15, 0.2) is 0 Å². The summed E-state index contributed by atoms with van der Waals surface area (Å²) in [5.41, 5.74) is 1.96. The van der Waals surface area contributed by atoms with Crippen molar-refractivity contribution in [3.8, 4) is 5.75 Å². The van der Waals surface area contributed by atoms with Crippen LogP contribution in [0.15, 0.2) is 18.2 Å². The molecule has 0 saturated heterocycles. The number of benzene rings is 1. The Hall–Kier alpha value is -1.31. The number of ketones is 1. The van der Waals surface area contributed by atoms with Gasteiger partial charge in [0.2, 0.25) is 0 Å². The predicted octanol–water partition coefficient (Wildman–Crippen LogP) is 2.09. The minimum atomic E-state index is 0.118. The van der Waals surface area contributed by atoms with Crippen molar-refractivity contribution in [2.45, 2.75) is 26.7 Å². The monoisotopic (exact) mass is 178 g/mol. The number of carbonyl (C=O) groups excluding carboxylic acids is 1. The summed E-state index contributed by atoms with van der Waals surface area (Å²) in [5, 5.41) is 9.33. The number of hydrogen-bond acceptors (Lipinski definition) is 2. The zero-order chi connectivity index (χ0) is 9.84. The number of carbonyl (C=O) groups is 1. The standard InChI is InChI=1S/C11H14O2/c1-3-9-5-10(4-8(2)12)7-11(13)6-9/h5-7,13H,3-4H2,1-2H3. The van der Waals surface area contributed by atoms with Gasteiger partial charge in [-0.2, -0.15) is 0 Å². The lowest BCUT2D eigenvalue weighted by molar-refractivity contribution is -0.116. The average molecular weight is 178 g/mol. The maximum Gasteiger partial charge on any atom is 0.134 e. The molecule has 1 aromatic carbocycles. The highest BCUT2D eigenvalue weighted by atomic mass is 16.3. The van der Waals surface area contributed by atoms with Crippen molar-refractivity contribution >= 4 is 5.78 Å². The molecule has 70 valence electrons. The van der Waals surface area contributed by atoms with Crippen LogP contribution in [0.5, 0.6) is 5.75 Å². The van der Waals surface area contributed by atoms with E-state index in [-0.39, 0.29) is 11.5 Å². The second kappa shape index (κ2) is 4.08. The molecule has 2 heteroatoms. The average Bonchev–Trinajstić information content (AvgIpc) is 2.01. The Kier molecular flexibility index (Phi) is 3.07. The molecule has 0 aliphatic heterocycles. The molecule has 1 rings (SSSR count). The summed E-state index contributed by atoms with van der Waals surface area (Å²) < 4.78 is 0. The molecule has 0 heterocycles. The van der Waals surface area contributed by atoms with Gasteiger partial charge in [-0.25, -0.2) is 0 Å². The molecule has 0 bridgehead atoms. The van der Waals surface area contributed by atoms with E-state index in [0.717, 1.165) is 17.5 Å². The number of phenols is 1. The second-order valence-electron chi connectivity index (χ2n) is 3.24. The van der Waals surface area contributed by atoms with E-state index in [1.807, 2.05) is 13.0 Å². The van der Waals surface area contributed by atoms with E-state index in [1.165, 1.54) is 0 Å². The van der Waals surface area contributed by atoms with Crippen LogP contribution >= 0.6 is 0 Å². The lowest BCUT2D eigenvalue weighted by Crippen LogP contribution is -1.96. The van der Waals surface area contributed by atoms with E-state index in [0.29, 0.717) is 6.42 Å². The van der Waals surface area contributed by atoms with E-state index < -0.39 is 0 Å². The molecule has 0 amide bonds. The highest BCUT2D eigenvalue weighted by molar-refractivity contribution is 5.78. The molecule has 1 N–H and O–H groups in total. The summed E-state index contributed by atoms with van der Waals surface area (Å²) in [6.07, 6.45) is 1.28. The summed E-state index contributed by atoms with van der Waals surface area (Å²) in [4.78, 5) is 10.8. The number of Topliss-reactive ketones (excluding diaryl/α,β-unsaturated/α-hetero) is 1. The van der Waals surface area contributed by atoms with Crippen LogP contribution in [0, 0.1) is 0 Å². The number of rotatable bonds is 3. The van der Waals surface area contributed by atoms with Crippen molar-refractivity contribution in [2.24, 2.45) is 0 Å². The smallest absolute Gasteiger partial charge is 0.134 e. The lowest BCUT2D eigenvalue weighted by atomic mass is 10.0. The van der Waals surface area contributed by atoms with Crippen LogP contribution in [0.4, 0.5) is 0 Å². The fourth-order valence-electron chi connectivity index (χ4n) is 1.34. The van der Waals surface area contributed by atoms with Gasteiger partial charge in [0.25, 0.3) is 0 Å². The molecule has 0 fully saturated rings. The lowest BCUT2D eigenvalue weighted by Gasteiger charge is -2.03. The maximum atomic E-state index is 10.8. The van der Waals surface area contributed by atoms with Crippen LogP contribution in [0.1, 0.15) is 25.0 Å². The number of aromatic hydroxyl groups is 1. The van der Waals surface area contributed by atoms with Gasteiger partial charge in [-0.05, 0) is 36.6 Å². The molecule has 0 aromatic heterocycles. The Balaban J connectivity index is 2.94. The van der Waals surface area contributed by atoms with E-state index >= 15 is 0 Å². The zero-order valence-corrected chi connectivity index (χ0v) is 8.00. The molecule has 13 heavy (non-hydrogen) atoms. The largest absolute Gasteiger partial charge is 0.508 e. The van der Waals surface area contributed by atoms with Crippen molar-refractivity contribution < 1.29 is 9.90 Å². The van der Waals surface area contributed by atoms with Crippen molar-refractivity contribution in [3.63, 3.8) is 0 Å². The van der Waals surface area contributed by atoms with Crippen LogP contribution in [-0.4, -0.2) is 10.9 Å². The van der Waals surface area contributed by atoms with Crippen molar-refractivity contribution in [1.29, 1.82) is 0 Å². The normalized spacial score (nSPS) is 10.0. The molecule has 0 aliphatic rings. The van der Waals surface area contributed by atoms with Gasteiger partial charge < -0.3 is 5.11 Å². The van der Waals surface area contributed by atoms with Gasteiger partial charge in [-0.1, -0.05) is 13.0 Å². The molecule has 1 aromatic rings. The summed E-state index contributed by atoms with van der Waals surface area (Å²) in [6.45, 7) is 3.57. The molecule has 0 atom stereocenters. The maximum absolute atomic E-state index is 10.8. The molecule has 0 aliphatic carbocycles.